The lowest BCUT2D eigenvalue weighted by Crippen LogP contribution is -2.03. The van der Waals surface area contributed by atoms with Crippen molar-refractivity contribution in [1.29, 1.82) is 0 Å². The first-order chi connectivity index (χ1) is 7.58. The Bertz CT molecular complexity index is 322. The second kappa shape index (κ2) is 6.47. The average Bonchev–Trinajstić information content (AvgIpc) is 2.21. The Kier molecular flexibility index (Phi) is 5.24. The topological polar surface area (TPSA) is 17.1 Å². The van der Waals surface area contributed by atoms with E-state index in [0.717, 1.165) is 24.8 Å². The maximum atomic E-state index is 11.7. The molecule has 88 valence electrons. The van der Waals surface area contributed by atoms with Crippen LogP contribution in [-0.4, -0.2) is 5.78 Å². The van der Waals surface area contributed by atoms with Crippen molar-refractivity contribution >= 4 is 5.78 Å². The second-order valence-corrected chi connectivity index (χ2v) is 4.99. The monoisotopic (exact) mass is 218 g/mol. The summed E-state index contributed by atoms with van der Waals surface area (Å²) in [5, 5.41) is 0. The zero-order chi connectivity index (χ0) is 12.0. The summed E-state index contributed by atoms with van der Waals surface area (Å²) in [6, 6.07) is 8.23. The summed E-state index contributed by atoms with van der Waals surface area (Å²) < 4.78 is 0. The summed E-state index contributed by atoms with van der Waals surface area (Å²) in [6.45, 7) is 6.46. The predicted molar refractivity (Wildman–Crippen MR) is 68.6 cm³/mol. The molecule has 0 aromatic heterocycles. The lowest BCUT2D eigenvalue weighted by atomic mass is 10.0. The van der Waals surface area contributed by atoms with Crippen LogP contribution >= 0.6 is 0 Å². The van der Waals surface area contributed by atoms with Crippen molar-refractivity contribution in [3.8, 4) is 0 Å². The second-order valence-electron chi connectivity index (χ2n) is 4.99. The predicted octanol–water partition coefficient (Wildman–Crippen LogP) is 3.93. The van der Waals surface area contributed by atoms with Crippen molar-refractivity contribution in [2.75, 3.05) is 0 Å². The van der Waals surface area contributed by atoms with Crippen molar-refractivity contribution in [2.45, 2.75) is 46.5 Å². The molecule has 1 heteroatoms. The largest absolute Gasteiger partial charge is 0.299 e. The molecule has 1 rings (SSSR count). The van der Waals surface area contributed by atoms with Crippen molar-refractivity contribution in [2.24, 2.45) is 5.92 Å². The molecule has 0 aliphatic rings. The van der Waals surface area contributed by atoms with Crippen LogP contribution < -0.4 is 0 Å². The Balaban J connectivity index is 2.31. The van der Waals surface area contributed by atoms with Crippen molar-refractivity contribution < 1.29 is 4.79 Å². The summed E-state index contributed by atoms with van der Waals surface area (Å²) in [6.07, 6.45) is 3.51. The third-order valence-corrected chi connectivity index (χ3v) is 2.76. The van der Waals surface area contributed by atoms with E-state index in [1.807, 2.05) is 0 Å². The molecule has 0 fully saturated rings. The third-order valence-electron chi connectivity index (χ3n) is 2.76. The number of carbonyl (C=O) groups is 1. The quantitative estimate of drug-likeness (QED) is 0.707. The van der Waals surface area contributed by atoms with Crippen LogP contribution in [0.3, 0.4) is 0 Å². The highest BCUT2D eigenvalue weighted by Gasteiger charge is 2.04. The molecule has 0 aliphatic heterocycles. The fraction of sp³-hybridized carbons (Fsp3) is 0.533. The van der Waals surface area contributed by atoms with Crippen molar-refractivity contribution in [3.05, 3.63) is 35.4 Å². The number of ketones is 1. The van der Waals surface area contributed by atoms with Gasteiger partial charge in [-0.05, 0) is 24.8 Å². The Morgan fingerprint density at radius 3 is 2.38 bits per heavy atom. The summed E-state index contributed by atoms with van der Waals surface area (Å²) >= 11 is 0. The third kappa shape index (κ3) is 5.11. The minimum atomic E-state index is 0.365. The molecule has 0 spiro atoms. The molecular formula is C15H22O. The van der Waals surface area contributed by atoms with E-state index in [2.05, 4.69) is 45.0 Å². The molecule has 16 heavy (non-hydrogen) atoms. The molecular weight excluding hydrogens is 196 g/mol. The summed E-state index contributed by atoms with van der Waals surface area (Å²) in [7, 11) is 0. The lowest BCUT2D eigenvalue weighted by molar-refractivity contribution is -0.118. The average molecular weight is 218 g/mol. The lowest BCUT2D eigenvalue weighted by Gasteiger charge is -2.04. The van der Waals surface area contributed by atoms with Gasteiger partial charge < -0.3 is 0 Å². The summed E-state index contributed by atoms with van der Waals surface area (Å²) in [4.78, 5) is 11.7. The van der Waals surface area contributed by atoms with E-state index in [1.165, 1.54) is 5.56 Å². The van der Waals surface area contributed by atoms with Crippen LogP contribution in [-0.2, 0) is 11.2 Å². The molecule has 0 bridgehead atoms. The van der Waals surface area contributed by atoms with Crippen LogP contribution in [0.4, 0.5) is 0 Å². The molecule has 0 radical (unpaired) electrons. The number of carbonyl (C=O) groups excluding carboxylic acids is 1. The van der Waals surface area contributed by atoms with Gasteiger partial charge >= 0.3 is 0 Å². The Hall–Kier alpha value is -1.11. The van der Waals surface area contributed by atoms with Crippen LogP contribution in [0.15, 0.2) is 24.3 Å². The Labute approximate surface area is 98.9 Å². The molecule has 0 heterocycles. The molecule has 1 aromatic rings. The Morgan fingerprint density at radius 1 is 1.19 bits per heavy atom. The molecule has 0 aliphatic carbocycles. The van der Waals surface area contributed by atoms with Gasteiger partial charge in [-0.3, -0.25) is 4.79 Å². The minimum Gasteiger partial charge on any atom is -0.299 e. The first-order valence-electron chi connectivity index (χ1n) is 6.15. The van der Waals surface area contributed by atoms with E-state index in [-0.39, 0.29) is 0 Å². The minimum absolute atomic E-state index is 0.365. The van der Waals surface area contributed by atoms with Gasteiger partial charge in [0.15, 0.2) is 0 Å². The molecule has 0 amide bonds. The van der Waals surface area contributed by atoms with Gasteiger partial charge in [0.05, 0.1) is 0 Å². The van der Waals surface area contributed by atoms with Gasteiger partial charge in [-0.1, -0.05) is 50.1 Å². The molecule has 0 atom stereocenters. The zero-order valence-corrected chi connectivity index (χ0v) is 10.6. The number of rotatable bonds is 6. The maximum Gasteiger partial charge on any atom is 0.137 e. The van der Waals surface area contributed by atoms with E-state index in [9.17, 15) is 4.79 Å². The number of hydrogen-bond donors (Lipinski definition) is 0. The van der Waals surface area contributed by atoms with Crippen LogP contribution in [0.5, 0.6) is 0 Å². The van der Waals surface area contributed by atoms with Gasteiger partial charge in [0.1, 0.15) is 5.78 Å². The van der Waals surface area contributed by atoms with Gasteiger partial charge in [-0.15, -0.1) is 0 Å². The Morgan fingerprint density at radius 2 is 1.81 bits per heavy atom. The van der Waals surface area contributed by atoms with Crippen molar-refractivity contribution in [1.82, 2.24) is 0 Å². The smallest absolute Gasteiger partial charge is 0.137 e. The van der Waals surface area contributed by atoms with Crippen LogP contribution in [0, 0.1) is 12.8 Å². The van der Waals surface area contributed by atoms with Crippen LogP contribution in [0.1, 0.15) is 44.2 Å². The van der Waals surface area contributed by atoms with E-state index in [4.69, 9.17) is 0 Å². The number of benzene rings is 1. The molecule has 0 saturated heterocycles. The van der Waals surface area contributed by atoms with E-state index >= 15 is 0 Å². The summed E-state index contributed by atoms with van der Waals surface area (Å²) in [5.74, 6) is 1.07. The van der Waals surface area contributed by atoms with Gasteiger partial charge in [0.25, 0.3) is 0 Å². The molecule has 0 N–H and O–H groups in total. The number of hydrogen-bond acceptors (Lipinski definition) is 1. The van der Waals surface area contributed by atoms with Gasteiger partial charge in [0, 0.05) is 12.8 Å². The highest BCUT2D eigenvalue weighted by molar-refractivity contribution is 5.80. The highest BCUT2D eigenvalue weighted by atomic mass is 16.1. The van der Waals surface area contributed by atoms with Crippen LogP contribution in [0.25, 0.3) is 0 Å². The van der Waals surface area contributed by atoms with Crippen molar-refractivity contribution in [3.63, 3.8) is 0 Å². The van der Waals surface area contributed by atoms with Gasteiger partial charge in [0.2, 0.25) is 0 Å². The summed E-state index contributed by atoms with van der Waals surface area (Å²) in [5.41, 5.74) is 2.39. The molecule has 1 aromatic carbocycles. The van der Waals surface area contributed by atoms with E-state index < -0.39 is 0 Å². The van der Waals surface area contributed by atoms with Gasteiger partial charge in [-0.25, -0.2) is 0 Å². The standard InChI is InChI=1S/C15H22O/c1-12(2)5-4-6-15(16)11-14-9-7-13(3)8-10-14/h7-10,12H,4-6,11H2,1-3H3. The zero-order valence-electron chi connectivity index (χ0n) is 10.6. The van der Waals surface area contributed by atoms with E-state index in [1.54, 1.807) is 0 Å². The number of Topliss-reactive ketones (excluding diaryl/α,β-unsaturated/α-hetero) is 1. The van der Waals surface area contributed by atoms with E-state index in [0.29, 0.717) is 18.1 Å². The highest BCUT2D eigenvalue weighted by Crippen LogP contribution is 2.10. The maximum absolute atomic E-state index is 11.7. The van der Waals surface area contributed by atoms with Crippen LogP contribution in [0.2, 0.25) is 0 Å². The molecule has 0 unspecified atom stereocenters. The first kappa shape index (κ1) is 13.0. The normalized spacial score (nSPS) is 10.8. The fourth-order valence-corrected chi connectivity index (χ4v) is 1.73. The number of aryl methyl sites for hydroxylation is 1. The molecule has 0 saturated carbocycles. The van der Waals surface area contributed by atoms with Gasteiger partial charge in [-0.2, -0.15) is 0 Å². The fourth-order valence-electron chi connectivity index (χ4n) is 1.73. The SMILES string of the molecule is Cc1ccc(CC(=O)CCCC(C)C)cc1. The molecule has 1 nitrogen and oxygen atoms in total. The first-order valence-corrected chi connectivity index (χ1v) is 6.15.